The SMILES string of the molecule is CCCCCOc1ccc2ccccc2c1-c1nc2ccccc2n1CC(=O)O. The lowest BCUT2D eigenvalue weighted by Gasteiger charge is -2.15. The summed E-state index contributed by atoms with van der Waals surface area (Å²) in [6.07, 6.45) is 3.22. The summed E-state index contributed by atoms with van der Waals surface area (Å²) >= 11 is 0. The quantitative estimate of drug-likeness (QED) is 0.404. The van der Waals surface area contributed by atoms with Crippen LogP contribution in [0.1, 0.15) is 26.2 Å². The fraction of sp³-hybridized carbons (Fsp3) is 0.250. The van der Waals surface area contributed by atoms with Gasteiger partial charge in [0.05, 0.1) is 23.2 Å². The molecule has 0 unspecified atom stereocenters. The number of carboxylic acid groups (broad SMARTS) is 1. The smallest absolute Gasteiger partial charge is 0.323 e. The standard InChI is InChI=1S/C24H24N2O3/c1-2-3-8-15-29-21-14-13-17-9-4-5-10-18(17)23(21)24-25-19-11-6-7-12-20(19)26(24)16-22(27)28/h4-7,9-14H,2-3,8,15-16H2,1H3,(H,27,28). The number of nitrogens with zero attached hydrogens (tertiary/aromatic N) is 2. The van der Waals surface area contributed by atoms with E-state index in [0.29, 0.717) is 12.4 Å². The molecule has 0 aliphatic rings. The van der Waals surface area contributed by atoms with Crippen molar-refractivity contribution in [3.63, 3.8) is 0 Å². The number of rotatable bonds is 8. The van der Waals surface area contributed by atoms with Gasteiger partial charge in [0, 0.05) is 0 Å². The van der Waals surface area contributed by atoms with Crippen molar-refractivity contribution in [1.29, 1.82) is 0 Å². The summed E-state index contributed by atoms with van der Waals surface area (Å²) in [5.41, 5.74) is 2.42. The molecule has 0 fully saturated rings. The van der Waals surface area contributed by atoms with Crippen molar-refractivity contribution in [3.05, 3.63) is 60.7 Å². The number of ether oxygens (including phenoxy) is 1. The second-order valence-corrected chi connectivity index (χ2v) is 7.12. The third-order valence-electron chi connectivity index (χ3n) is 5.07. The summed E-state index contributed by atoms with van der Waals surface area (Å²) in [4.78, 5) is 16.4. The van der Waals surface area contributed by atoms with E-state index in [0.717, 1.165) is 52.4 Å². The first-order valence-corrected chi connectivity index (χ1v) is 10.0. The van der Waals surface area contributed by atoms with Gasteiger partial charge in [-0.25, -0.2) is 4.98 Å². The van der Waals surface area contributed by atoms with Gasteiger partial charge < -0.3 is 14.4 Å². The summed E-state index contributed by atoms with van der Waals surface area (Å²) in [5, 5.41) is 11.6. The number of aromatic nitrogens is 2. The maximum absolute atomic E-state index is 11.6. The van der Waals surface area contributed by atoms with Gasteiger partial charge in [-0.3, -0.25) is 4.79 Å². The number of carbonyl (C=O) groups is 1. The molecule has 0 bridgehead atoms. The zero-order valence-corrected chi connectivity index (χ0v) is 16.5. The predicted molar refractivity (Wildman–Crippen MR) is 115 cm³/mol. The summed E-state index contributed by atoms with van der Waals surface area (Å²) in [5.74, 6) is 0.456. The van der Waals surface area contributed by atoms with Gasteiger partial charge in [-0.2, -0.15) is 0 Å². The van der Waals surface area contributed by atoms with E-state index in [4.69, 9.17) is 9.72 Å². The van der Waals surface area contributed by atoms with Crippen molar-refractivity contribution < 1.29 is 14.6 Å². The highest BCUT2D eigenvalue weighted by Gasteiger charge is 2.20. The Balaban J connectivity index is 1.93. The minimum absolute atomic E-state index is 0.158. The number of hydrogen-bond acceptors (Lipinski definition) is 3. The number of carboxylic acids is 1. The van der Waals surface area contributed by atoms with Crippen LogP contribution in [0.5, 0.6) is 5.75 Å². The van der Waals surface area contributed by atoms with Crippen LogP contribution in [0.2, 0.25) is 0 Å². The summed E-state index contributed by atoms with van der Waals surface area (Å²) in [7, 11) is 0. The van der Waals surface area contributed by atoms with Crippen molar-refractivity contribution in [2.75, 3.05) is 6.61 Å². The van der Waals surface area contributed by atoms with Gasteiger partial charge >= 0.3 is 5.97 Å². The molecule has 1 aromatic heterocycles. The van der Waals surface area contributed by atoms with Crippen molar-refractivity contribution in [2.45, 2.75) is 32.7 Å². The van der Waals surface area contributed by atoms with Gasteiger partial charge in [0.25, 0.3) is 0 Å². The Morgan fingerprint density at radius 2 is 1.83 bits per heavy atom. The van der Waals surface area contributed by atoms with Crippen molar-refractivity contribution in [3.8, 4) is 17.1 Å². The Morgan fingerprint density at radius 3 is 2.66 bits per heavy atom. The van der Waals surface area contributed by atoms with Crippen LogP contribution in [0.15, 0.2) is 60.7 Å². The maximum Gasteiger partial charge on any atom is 0.323 e. The topological polar surface area (TPSA) is 64.4 Å². The first-order valence-electron chi connectivity index (χ1n) is 10.0. The number of imidazole rings is 1. The van der Waals surface area contributed by atoms with Gasteiger partial charge in [-0.1, -0.05) is 62.2 Å². The molecule has 4 rings (SSSR count). The molecule has 1 N–H and O–H groups in total. The molecule has 0 amide bonds. The number of aliphatic carboxylic acids is 1. The maximum atomic E-state index is 11.6. The molecule has 4 aromatic rings. The van der Waals surface area contributed by atoms with E-state index < -0.39 is 5.97 Å². The van der Waals surface area contributed by atoms with E-state index in [9.17, 15) is 9.90 Å². The van der Waals surface area contributed by atoms with Crippen LogP contribution in [-0.4, -0.2) is 27.2 Å². The van der Waals surface area contributed by atoms with Crippen LogP contribution < -0.4 is 4.74 Å². The lowest BCUT2D eigenvalue weighted by atomic mass is 10.0. The molecule has 1 heterocycles. The lowest BCUT2D eigenvalue weighted by Crippen LogP contribution is -2.11. The van der Waals surface area contributed by atoms with Crippen molar-refractivity contribution in [2.24, 2.45) is 0 Å². The van der Waals surface area contributed by atoms with Crippen LogP contribution in [0.25, 0.3) is 33.2 Å². The Bertz CT molecular complexity index is 1160. The molecular weight excluding hydrogens is 364 g/mol. The lowest BCUT2D eigenvalue weighted by molar-refractivity contribution is -0.137. The average molecular weight is 388 g/mol. The molecule has 5 heteroatoms. The Hall–Kier alpha value is -3.34. The van der Waals surface area contributed by atoms with E-state index >= 15 is 0 Å². The molecule has 0 saturated heterocycles. The van der Waals surface area contributed by atoms with E-state index in [2.05, 4.69) is 6.92 Å². The summed E-state index contributed by atoms with van der Waals surface area (Å²) < 4.78 is 7.92. The number of hydrogen-bond donors (Lipinski definition) is 1. The van der Waals surface area contributed by atoms with E-state index in [1.807, 2.05) is 60.7 Å². The van der Waals surface area contributed by atoms with Gasteiger partial charge in [0.2, 0.25) is 0 Å². The van der Waals surface area contributed by atoms with E-state index in [1.165, 1.54) is 0 Å². The molecule has 148 valence electrons. The minimum atomic E-state index is -0.903. The fourth-order valence-corrected chi connectivity index (χ4v) is 3.70. The normalized spacial score (nSPS) is 11.2. The second kappa shape index (κ2) is 8.35. The fourth-order valence-electron chi connectivity index (χ4n) is 3.70. The van der Waals surface area contributed by atoms with Gasteiger partial charge in [-0.15, -0.1) is 0 Å². The van der Waals surface area contributed by atoms with Gasteiger partial charge in [0.15, 0.2) is 0 Å². The Morgan fingerprint density at radius 1 is 1.03 bits per heavy atom. The highest BCUT2D eigenvalue weighted by atomic mass is 16.5. The number of para-hydroxylation sites is 2. The molecule has 0 radical (unpaired) electrons. The van der Waals surface area contributed by atoms with Crippen molar-refractivity contribution in [1.82, 2.24) is 9.55 Å². The van der Waals surface area contributed by atoms with Crippen LogP contribution in [0.4, 0.5) is 0 Å². The molecule has 0 saturated carbocycles. The molecule has 0 atom stereocenters. The number of fused-ring (bicyclic) bond motifs is 2. The molecule has 29 heavy (non-hydrogen) atoms. The third kappa shape index (κ3) is 3.81. The Kier molecular flexibility index (Phi) is 5.47. The zero-order chi connectivity index (χ0) is 20.2. The van der Waals surface area contributed by atoms with E-state index in [1.54, 1.807) is 4.57 Å². The molecule has 3 aromatic carbocycles. The number of benzene rings is 3. The molecule has 5 nitrogen and oxygen atoms in total. The van der Waals surface area contributed by atoms with Crippen LogP contribution >= 0.6 is 0 Å². The predicted octanol–water partition coefficient (Wildman–Crippen LogP) is 5.51. The largest absolute Gasteiger partial charge is 0.493 e. The van der Waals surface area contributed by atoms with Gasteiger partial charge in [-0.05, 0) is 35.4 Å². The molecule has 0 aliphatic heterocycles. The van der Waals surface area contributed by atoms with Gasteiger partial charge in [0.1, 0.15) is 18.1 Å². The highest BCUT2D eigenvalue weighted by molar-refractivity contribution is 6.00. The summed E-state index contributed by atoms with van der Waals surface area (Å²) in [6, 6.07) is 19.7. The molecule has 0 aliphatic carbocycles. The van der Waals surface area contributed by atoms with Crippen LogP contribution in [0, 0.1) is 0 Å². The van der Waals surface area contributed by atoms with E-state index in [-0.39, 0.29) is 6.54 Å². The Labute approximate surface area is 169 Å². The summed E-state index contributed by atoms with van der Waals surface area (Å²) in [6.45, 7) is 2.63. The molecular formula is C24H24N2O3. The second-order valence-electron chi connectivity index (χ2n) is 7.12. The first kappa shape index (κ1) is 19.0. The third-order valence-corrected chi connectivity index (χ3v) is 5.07. The minimum Gasteiger partial charge on any atom is -0.493 e. The van der Waals surface area contributed by atoms with Crippen LogP contribution in [-0.2, 0) is 11.3 Å². The monoisotopic (exact) mass is 388 g/mol. The van der Waals surface area contributed by atoms with Crippen LogP contribution in [0.3, 0.4) is 0 Å². The number of unbranched alkanes of at least 4 members (excludes halogenated alkanes) is 2. The average Bonchev–Trinajstić information content (AvgIpc) is 3.08. The van der Waals surface area contributed by atoms with Crippen molar-refractivity contribution >= 4 is 27.8 Å². The zero-order valence-electron chi connectivity index (χ0n) is 16.5. The molecule has 0 spiro atoms. The highest BCUT2D eigenvalue weighted by Crippen LogP contribution is 2.38. The first-order chi connectivity index (χ1) is 14.2.